The number of phenolic OH excluding ortho intramolecular Hbond substituents is 1. The lowest BCUT2D eigenvalue weighted by atomic mass is 10.1. The van der Waals surface area contributed by atoms with E-state index in [1.807, 2.05) is 36.4 Å². The number of rotatable bonds is 5. The molecule has 0 aliphatic heterocycles. The fourth-order valence-corrected chi connectivity index (χ4v) is 3.12. The van der Waals surface area contributed by atoms with Gasteiger partial charge < -0.3 is 15.5 Å². The molecule has 5 heteroatoms. The molecule has 0 amide bonds. The van der Waals surface area contributed by atoms with Crippen molar-refractivity contribution >= 4 is 37.5 Å². The Balaban J connectivity index is 2.01. The van der Waals surface area contributed by atoms with Gasteiger partial charge in [-0.25, -0.2) is 0 Å². The second-order valence-electron chi connectivity index (χ2n) is 4.43. The third kappa shape index (κ3) is 3.98. The van der Waals surface area contributed by atoms with E-state index in [0.29, 0.717) is 21.9 Å². The molecule has 0 heterocycles. The Morgan fingerprint density at radius 3 is 2.10 bits per heavy atom. The van der Waals surface area contributed by atoms with Gasteiger partial charge in [0.1, 0.15) is 5.75 Å². The molecule has 0 atom stereocenters. The van der Waals surface area contributed by atoms with Crippen LogP contribution in [0, 0.1) is 0 Å². The summed E-state index contributed by atoms with van der Waals surface area (Å²) >= 11 is 6.64. The minimum Gasteiger partial charge on any atom is -0.506 e. The van der Waals surface area contributed by atoms with Crippen molar-refractivity contribution in [1.82, 2.24) is 0 Å². The minimum atomic E-state index is 0.169. The van der Waals surface area contributed by atoms with Gasteiger partial charge in [-0.15, -0.1) is 0 Å². The molecule has 2 rings (SSSR count). The van der Waals surface area contributed by atoms with Crippen molar-refractivity contribution in [1.29, 1.82) is 0 Å². The van der Waals surface area contributed by atoms with Crippen LogP contribution < -0.4 is 5.32 Å². The van der Waals surface area contributed by atoms with Crippen LogP contribution in [0.15, 0.2) is 45.3 Å². The van der Waals surface area contributed by atoms with Gasteiger partial charge in [0, 0.05) is 18.8 Å². The van der Waals surface area contributed by atoms with Gasteiger partial charge in [0.2, 0.25) is 0 Å². The second-order valence-corrected chi connectivity index (χ2v) is 6.14. The maximum Gasteiger partial charge on any atom is 0.143 e. The molecule has 0 unspecified atom stereocenters. The van der Waals surface area contributed by atoms with Gasteiger partial charge in [-0.2, -0.15) is 0 Å². The number of phenols is 1. The zero-order valence-corrected chi connectivity index (χ0v) is 13.9. The van der Waals surface area contributed by atoms with E-state index < -0.39 is 0 Å². The van der Waals surface area contributed by atoms with Crippen molar-refractivity contribution in [2.45, 2.75) is 13.0 Å². The average Bonchev–Trinajstić information content (AvgIpc) is 2.44. The van der Waals surface area contributed by atoms with Gasteiger partial charge in [0.15, 0.2) is 0 Å². The van der Waals surface area contributed by atoms with Gasteiger partial charge in [0.05, 0.1) is 8.95 Å². The van der Waals surface area contributed by atoms with Crippen molar-refractivity contribution in [3.05, 3.63) is 56.5 Å². The first-order valence-electron chi connectivity index (χ1n) is 6.20. The van der Waals surface area contributed by atoms with Gasteiger partial charge in [-0.05, 0) is 73.7 Å². The summed E-state index contributed by atoms with van der Waals surface area (Å²) in [5.74, 6) is 0.210. The molecule has 0 aromatic heterocycles. The number of aromatic hydroxyl groups is 1. The Bertz CT molecular complexity index is 562. The molecular formula is C15H15Br2NO2. The first kappa shape index (κ1) is 15.4. The van der Waals surface area contributed by atoms with Crippen molar-refractivity contribution in [2.75, 3.05) is 11.9 Å². The quantitative estimate of drug-likeness (QED) is 0.709. The highest BCUT2D eigenvalue weighted by atomic mass is 79.9. The first-order valence-corrected chi connectivity index (χ1v) is 7.79. The predicted octanol–water partition coefficient (Wildman–Crippen LogP) is 4.06. The van der Waals surface area contributed by atoms with Crippen LogP contribution in [0.2, 0.25) is 0 Å². The number of benzene rings is 2. The number of anilines is 1. The number of aliphatic hydroxyl groups excluding tert-OH is 1. The molecule has 106 valence electrons. The first-order chi connectivity index (χ1) is 9.60. The number of aliphatic hydroxyl groups is 1. The summed E-state index contributed by atoms with van der Waals surface area (Å²) in [6.45, 7) is 0.833. The fraction of sp³-hybridized carbons (Fsp3) is 0.200. The third-order valence-corrected chi connectivity index (χ3v) is 4.14. The molecule has 2 aromatic carbocycles. The summed E-state index contributed by atoms with van der Waals surface area (Å²) in [5.41, 5.74) is 3.20. The summed E-state index contributed by atoms with van der Waals surface area (Å²) < 4.78 is 1.34. The Morgan fingerprint density at radius 1 is 0.950 bits per heavy atom. The van der Waals surface area contributed by atoms with Crippen molar-refractivity contribution in [3.8, 4) is 5.75 Å². The lowest BCUT2D eigenvalue weighted by molar-refractivity contribution is 0.299. The van der Waals surface area contributed by atoms with E-state index in [2.05, 4.69) is 37.2 Å². The van der Waals surface area contributed by atoms with Crippen molar-refractivity contribution in [3.63, 3.8) is 0 Å². The lowest BCUT2D eigenvalue weighted by Gasteiger charge is -2.09. The largest absolute Gasteiger partial charge is 0.506 e. The summed E-state index contributed by atoms with van der Waals surface area (Å²) in [6, 6.07) is 11.8. The molecule has 3 N–H and O–H groups in total. The van der Waals surface area contributed by atoms with Crippen LogP contribution in [-0.2, 0) is 13.0 Å². The van der Waals surface area contributed by atoms with Gasteiger partial charge >= 0.3 is 0 Å². The Kier molecular flexibility index (Phi) is 5.46. The number of halogens is 2. The topological polar surface area (TPSA) is 52.5 Å². The maximum absolute atomic E-state index is 9.66. The Hall–Kier alpha value is -1.04. The monoisotopic (exact) mass is 399 g/mol. The van der Waals surface area contributed by atoms with Crippen LogP contribution in [0.25, 0.3) is 0 Å². The molecule has 0 bridgehead atoms. The highest BCUT2D eigenvalue weighted by Gasteiger charge is 2.05. The van der Waals surface area contributed by atoms with Crippen molar-refractivity contribution < 1.29 is 10.2 Å². The summed E-state index contributed by atoms with van der Waals surface area (Å²) in [4.78, 5) is 0. The molecule has 2 aromatic rings. The van der Waals surface area contributed by atoms with Gasteiger partial charge in [-0.1, -0.05) is 12.1 Å². The van der Waals surface area contributed by atoms with E-state index in [-0.39, 0.29) is 12.4 Å². The number of hydrogen-bond acceptors (Lipinski definition) is 3. The van der Waals surface area contributed by atoms with Crippen LogP contribution in [-0.4, -0.2) is 16.8 Å². The highest BCUT2D eigenvalue weighted by Crippen LogP contribution is 2.33. The second kappa shape index (κ2) is 7.11. The Morgan fingerprint density at radius 2 is 1.55 bits per heavy atom. The molecule has 0 fully saturated rings. The van der Waals surface area contributed by atoms with Crippen LogP contribution in [0.1, 0.15) is 11.1 Å². The summed E-state index contributed by atoms with van der Waals surface area (Å²) in [5, 5.41) is 21.9. The minimum absolute atomic E-state index is 0.169. The number of nitrogens with one attached hydrogen (secondary N) is 1. The van der Waals surface area contributed by atoms with Gasteiger partial charge in [0.25, 0.3) is 0 Å². The van der Waals surface area contributed by atoms with Crippen molar-refractivity contribution in [2.24, 2.45) is 0 Å². The van der Waals surface area contributed by atoms with Crippen LogP contribution in [0.5, 0.6) is 5.75 Å². The van der Waals surface area contributed by atoms with Gasteiger partial charge in [-0.3, -0.25) is 0 Å². The SMILES string of the molecule is OCCc1ccc(NCc2cc(Br)c(O)c(Br)c2)cc1. The lowest BCUT2D eigenvalue weighted by Crippen LogP contribution is -2.00. The van der Waals surface area contributed by atoms with E-state index in [4.69, 9.17) is 5.11 Å². The van der Waals surface area contributed by atoms with E-state index in [1.165, 1.54) is 0 Å². The standard InChI is InChI=1S/C15H15Br2NO2/c16-13-7-11(8-14(17)15(13)20)9-18-12-3-1-10(2-4-12)5-6-19/h1-4,7-8,18-20H,5-6,9H2. The highest BCUT2D eigenvalue weighted by molar-refractivity contribution is 9.11. The molecule has 0 aliphatic rings. The normalized spacial score (nSPS) is 10.6. The zero-order valence-electron chi connectivity index (χ0n) is 10.7. The molecule has 0 aliphatic carbocycles. The van der Waals surface area contributed by atoms with E-state index in [1.54, 1.807) is 0 Å². The third-order valence-electron chi connectivity index (χ3n) is 2.93. The van der Waals surface area contributed by atoms with Crippen LogP contribution in [0.3, 0.4) is 0 Å². The van der Waals surface area contributed by atoms with E-state index in [9.17, 15) is 5.11 Å². The average molecular weight is 401 g/mol. The summed E-state index contributed by atoms with van der Waals surface area (Å²) in [7, 11) is 0. The fourth-order valence-electron chi connectivity index (χ4n) is 1.84. The zero-order chi connectivity index (χ0) is 14.5. The number of hydrogen-bond donors (Lipinski definition) is 3. The smallest absolute Gasteiger partial charge is 0.143 e. The van der Waals surface area contributed by atoms with E-state index >= 15 is 0 Å². The molecule has 0 spiro atoms. The molecule has 0 saturated carbocycles. The van der Waals surface area contributed by atoms with E-state index in [0.717, 1.165) is 16.8 Å². The molecule has 0 radical (unpaired) electrons. The predicted molar refractivity (Wildman–Crippen MR) is 88.1 cm³/mol. The Labute approximate surface area is 134 Å². The molecule has 0 saturated heterocycles. The maximum atomic E-state index is 9.66. The molecule has 20 heavy (non-hydrogen) atoms. The summed E-state index contributed by atoms with van der Waals surface area (Å²) in [6.07, 6.45) is 0.679. The van der Waals surface area contributed by atoms with Crippen LogP contribution in [0.4, 0.5) is 5.69 Å². The molecular weight excluding hydrogens is 386 g/mol. The molecule has 3 nitrogen and oxygen atoms in total. The van der Waals surface area contributed by atoms with Crippen LogP contribution >= 0.6 is 31.9 Å².